The lowest BCUT2D eigenvalue weighted by Gasteiger charge is -2.03. The monoisotopic (exact) mass is 241 g/mol. The van der Waals surface area contributed by atoms with Gasteiger partial charge < -0.3 is 4.74 Å². The van der Waals surface area contributed by atoms with Crippen LogP contribution in [0.4, 0.5) is 0 Å². The van der Waals surface area contributed by atoms with Gasteiger partial charge in [0.25, 0.3) is 0 Å². The molecule has 6 heteroatoms. The predicted molar refractivity (Wildman–Crippen MR) is 56.4 cm³/mol. The van der Waals surface area contributed by atoms with Gasteiger partial charge in [0.05, 0.1) is 11.2 Å². The van der Waals surface area contributed by atoms with Gasteiger partial charge in [0.15, 0.2) is 0 Å². The fourth-order valence-electron chi connectivity index (χ4n) is 0.945. The fourth-order valence-corrected chi connectivity index (χ4v) is 1.25. The van der Waals surface area contributed by atoms with Crippen molar-refractivity contribution in [1.82, 2.24) is 15.0 Å². The zero-order valence-corrected chi connectivity index (χ0v) is 8.90. The SMILES string of the molecule is Clc1cncc(Oc2ccnc(Cl)n2)c1. The van der Waals surface area contributed by atoms with Crippen molar-refractivity contribution in [3.8, 4) is 11.6 Å². The normalized spacial score (nSPS) is 10.0. The predicted octanol–water partition coefficient (Wildman–Crippen LogP) is 2.97. The molecule has 0 bridgehead atoms. The number of hydrogen-bond donors (Lipinski definition) is 0. The Hall–Kier alpha value is -1.39. The first-order chi connectivity index (χ1) is 7.24. The van der Waals surface area contributed by atoms with Gasteiger partial charge in [0.1, 0.15) is 5.75 Å². The van der Waals surface area contributed by atoms with Crippen molar-refractivity contribution in [3.05, 3.63) is 41.0 Å². The highest BCUT2D eigenvalue weighted by Crippen LogP contribution is 2.21. The number of pyridine rings is 1. The molecule has 0 aromatic carbocycles. The zero-order chi connectivity index (χ0) is 10.7. The Morgan fingerprint density at radius 1 is 1.20 bits per heavy atom. The first-order valence-electron chi connectivity index (χ1n) is 4.01. The van der Waals surface area contributed by atoms with E-state index in [0.717, 1.165) is 0 Å². The Morgan fingerprint density at radius 2 is 2.07 bits per heavy atom. The Labute approximate surface area is 95.9 Å². The van der Waals surface area contributed by atoms with E-state index in [0.29, 0.717) is 16.7 Å². The lowest BCUT2D eigenvalue weighted by molar-refractivity contribution is 0.459. The first-order valence-corrected chi connectivity index (χ1v) is 4.76. The van der Waals surface area contributed by atoms with Gasteiger partial charge in [-0.25, -0.2) is 4.98 Å². The van der Waals surface area contributed by atoms with E-state index in [2.05, 4.69) is 15.0 Å². The van der Waals surface area contributed by atoms with Crippen LogP contribution in [0.1, 0.15) is 0 Å². The standard InChI is InChI=1S/C9H5Cl2N3O/c10-6-3-7(5-12-4-6)15-8-1-2-13-9(11)14-8/h1-5H. The fraction of sp³-hybridized carbons (Fsp3) is 0. The molecule has 2 rings (SSSR count). The van der Waals surface area contributed by atoms with Gasteiger partial charge in [-0.1, -0.05) is 11.6 Å². The minimum atomic E-state index is 0.127. The Balaban J connectivity index is 2.22. The topological polar surface area (TPSA) is 47.9 Å². The molecular weight excluding hydrogens is 237 g/mol. The molecule has 76 valence electrons. The number of ether oxygens (including phenoxy) is 1. The highest BCUT2D eigenvalue weighted by Gasteiger charge is 2.00. The molecule has 0 N–H and O–H groups in total. The molecule has 2 heterocycles. The number of nitrogens with zero attached hydrogens (tertiary/aromatic N) is 3. The number of aromatic nitrogens is 3. The van der Waals surface area contributed by atoms with E-state index < -0.39 is 0 Å². The van der Waals surface area contributed by atoms with E-state index in [1.807, 2.05) is 0 Å². The van der Waals surface area contributed by atoms with Crippen LogP contribution in [0.25, 0.3) is 0 Å². The Kier molecular flexibility index (Phi) is 2.99. The molecule has 0 aliphatic rings. The van der Waals surface area contributed by atoms with Crippen LogP contribution in [0.15, 0.2) is 30.7 Å². The van der Waals surface area contributed by atoms with E-state index in [4.69, 9.17) is 27.9 Å². The molecule has 0 radical (unpaired) electrons. The molecule has 2 aromatic heterocycles. The lowest BCUT2D eigenvalue weighted by atomic mass is 10.4. The largest absolute Gasteiger partial charge is 0.437 e. The minimum Gasteiger partial charge on any atom is -0.437 e. The lowest BCUT2D eigenvalue weighted by Crippen LogP contribution is -1.89. The number of halogens is 2. The van der Waals surface area contributed by atoms with Gasteiger partial charge in [-0.3, -0.25) is 4.98 Å². The van der Waals surface area contributed by atoms with Crippen molar-refractivity contribution in [2.75, 3.05) is 0 Å². The van der Waals surface area contributed by atoms with Crippen LogP contribution in [0, 0.1) is 0 Å². The maximum Gasteiger partial charge on any atom is 0.225 e. The molecule has 0 fully saturated rings. The molecule has 2 aromatic rings. The quantitative estimate of drug-likeness (QED) is 0.759. The molecule has 0 amide bonds. The molecule has 0 saturated carbocycles. The summed E-state index contributed by atoms with van der Waals surface area (Å²) >= 11 is 11.3. The van der Waals surface area contributed by atoms with Gasteiger partial charge in [0, 0.05) is 24.5 Å². The molecule has 0 saturated heterocycles. The summed E-state index contributed by atoms with van der Waals surface area (Å²) in [5.74, 6) is 0.844. The van der Waals surface area contributed by atoms with Crippen LogP contribution in [-0.2, 0) is 0 Å². The third kappa shape index (κ3) is 2.78. The van der Waals surface area contributed by atoms with Gasteiger partial charge in [-0.05, 0) is 11.6 Å². The molecular formula is C9H5Cl2N3O. The molecule has 0 aliphatic carbocycles. The molecule has 0 atom stereocenters. The second-order valence-electron chi connectivity index (χ2n) is 2.60. The molecule has 0 aliphatic heterocycles. The zero-order valence-electron chi connectivity index (χ0n) is 7.39. The van der Waals surface area contributed by atoms with E-state index in [1.165, 1.54) is 18.6 Å². The van der Waals surface area contributed by atoms with Gasteiger partial charge in [-0.2, -0.15) is 4.98 Å². The minimum absolute atomic E-state index is 0.127. The summed E-state index contributed by atoms with van der Waals surface area (Å²) in [4.78, 5) is 11.5. The van der Waals surface area contributed by atoms with Crippen LogP contribution in [0.2, 0.25) is 10.3 Å². The second-order valence-corrected chi connectivity index (χ2v) is 3.38. The highest BCUT2D eigenvalue weighted by molar-refractivity contribution is 6.30. The summed E-state index contributed by atoms with van der Waals surface area (Å²) in [6, 6.07) is 3.22. The third-order valence-corrected chi connectivity index (χ3v) is 1.89. The van der Waals surface area contributed by atoms with Crippen LogP contribution in [-0.4, -0.2) is 15.0 Å². The van der Waals surface area contributed by atoms with E-state index in [9.17, 15) is 0 Å². The van der Waals surface area contributed by atoms with Crippen molar-refractivity contribution < 1.29 is 4.74 Å². The summed E-state index contributed by atoms with van der Waals surface area (Å²) < 4.78 is 5.36. The van der Waals surface area contributed by atoms with Crippen molar-refractivity contribution in [2.45, 2.75) is 0 Å². The summed E-state index contributed by atoms with van der Waals surface area (Å²) in [6.45, 7) is 0. The summed E-state index contributed by atoms with van der Waals surface area (Å²) in [7, 11) is 0. The van der Waals surface area contributed by atoms with Gasteiger partial charge in [-0.15, -0.1) is 0 Å². The maximum absolute atomic E-state index is 5.74. The third-order valence-electron chi connectivity index (χ3n) is 1.50. The van der Waals surface area contributed by atoms with Crippen molar-refractivity contribution in [2.24, 2.45) is 0 Å². The first kappa shape index (κ1) is 10.1. The molecule has 4 nitrogen and oxygen atoms in total. The summed E-state index contributed by atoms with van der Waals surface area (Å²) in [6.07, 6.45) is 4.55. The van der Waals surface area contributed by atoms with E-state index in [1.54, 1.807) is 12.1 Å². The van der Waals surface area contributed by atoms with Gasteiger partial charge in [0.2, 0.25) is 11.2 Å². The van der Waals surface area contributed by atoms with E-state index in [-0.39, 0.29) is 5.28 Å². The molecule has 15 heavy (non-hydrogen) atoms. The van der Waals surface area contributed by atoms with Crippen molar-refractivity contribution in [3.63, 3.8) is 0 Å². The van der Waals surface area contributed by atoms with Crippen LogP contribution >= 0.6 is 23.2 Å². The maximum atomic E-state index is 5.74. The molecule has 0 unspecified atom stereocenters. The Bertz CT molecular complexity index is 435. The average molecular weight is 242 g/mol. The van der Waals surface area contributed by atoms with Crippen LogP contribution in [0.3, 0.4) is 0 Å². The summed E-state index contributed by atoms with van der Waals surface area (Å²) in [5.41, 5.74) is 0. The molecule has 0 spiro atoms. The van der Waals surface area contributed by atoms with Crippen molar-refractivity contribution in [1.29, 1.82) is 0 Å². The second kappa shape index (κ2) is 4.42. The smallest absolute Gasteiger partial charge is 0.225 e. The van der Waals surface area contributed by atoms with Crippen molar-refractivity contribution >= 4 is 23.2 Å². The number of hydrogen-bond acceptors (Lipinski definition) is 4. The van der Waals surface area contributed by atoms with Gasteiger partial charge >= 0.3 is 0 Å². The Morgan fingerprint density at radius 3 is 2.80 bits per heavy atom. The number of rotatable bonds is 2. The average Bonchev–Trinajstić information content (AvgIpc) is 2.17. The highest BCUT2D eigenvalue weighted by atomic mass is 35.5. The van der Waals surface area contributed by atoms with Crippen LogP contribution in [0.5, 0.6) is 11.6 Å². The summed E-state index contributed by atoms with van der Waals surface area (Å²) in [5, 5.41) is 0.621. The van der Waals surface area contributed by atoms with Crippen LogP contribution < -0.4 is 4.74 Å². The van der Waals surface area contributed by atoms with E-state index >= 15 is 0 Å².